The molecule has 0 aliphatic carbocycles. The molecule has 5 heteroatoms. The summed E-state index contributed by atoms with van der Waals surface area (Å²) in [6.45, 7) is 1.95. The first-order valence-electron chi connectivity index (χ1n) is 6.67. The number of H-pyrrole nitrogens is 1. The summed E-state index contributed by atoms with van der Waals surface area (Å²) in [6, 6.07) is 10.9. The van der Waals surface area contributed by atoms with Crippen molar-refractivity contribution in [2.45, 2.75) is 13.3 Å². The van der Waals surface area contributed by atoms with Crippen LogP contribution in [0.3, 0.4) is 0 Å². The van der Waals surface area contributed by atoms with E-state index in [9.17, 15) is 9.59 Å². The summed E-state index contributed by atoms with van der Waals surface area (Å²) < 4.78 is 10.3. The van der Waals surface area contributed by atoms with Crippen LogP contribution in [0.15, 0.2) is 42.6 Å². The number of aromatic amines is 1. The van der Waals surface area contributed by atoms with Crippen LogP contribution < -0.4 is 4.74 Å². The fourth-order valence-electron chi connectivity index (χ4n) is 1.69. The molecule has 0 saturated carbocycles. The van der Waals surface area contributed by atoms with Gasteiger partial charge in [-0.1, -0.05) is 17.7 Å². The first-order chi connectivity index (χ1) is 10.1. The van der Waals surface area contributed by atoms with E-state index in [-0.39, 0.29) is 25.4 Å². The molecule has 0 fully saturated rings. The Hall–Kier alpha value is -2.56. The van der Waals surface area contributed by atoms with Crippen LogP contribution in [0.5, 0.6) is 5.75 Å². The molecule has 0 radical (unpaired) electrons. The predicted molar refractivity (Wildman–Crippen MR) is 77.4 cm³/mol. The van der Waals surface area contributed by atoms with Gasteiger partial charge in [-0.05, 0) is 31.2 Å². The Balaban J connectivity index is 1.66. The molecule has 1 aromatic heterocycles. The summed E-state index contributed by atoms with van der Waals surface area (Å²) in [5.41, 5.74) is 1.57. The molecule has 1 N–H and O–H groups in total. The highest BCUT2D eigenvalue weighted by atomic mass is 16.5. The monoisotopic (exact) mass is 287 g/mol. The van der Waals surface area contributed by atoms with Gasteiger partial charge < -0.3 is 14.5 Å². The van der Waals surface area contributed by atoms with Crippen LogP contribution in [-0.4, -0.2) is 30.0 Å². The minimum Gasteiger partial charge on any atom is -0.493 e. The molecule has 1 aromatic carbocycles. The number of aryl methyl sites for hydroxylation is 1. The number of esters is 1. The van der Waals surface area contributed by atoms with E-state index >= 15 is 0 Å². The molecular weight excluding hydrogens is 270 g/mol. The second-order valence-corrected chi connectivity index (χ2v) is 4.58. The van der Waals surface area contributed by atoms with Crippen molar-refractivity contribution >= 4 is 11.8 Å². The van der Waals surface area contributed by atoms with Gasteiger partial charge in [-0.15, -0.1) is 0 Å². The zero-order valence-corrected chi connectivity index (χ0v) is 11.8. The van der Waals surface area contributed by atoms with Crippen molar-refractivity contribution in [1.29, 1.82) is 0 Å². The van der Waals surface area contributed by atoms with Gasteiger partial charge in [-0.25, -0.2) is 0 Å². The molecule has 5 nitrogen and oxygen atoms in total. The van der Waals surface area contributed by atoms with Crippen LogP contribution >= 0.6 is 0 Å². The average molecular weight is 287 g/mol. The number of aromatic nitrogens is 1. The van der Waals surface area contributed by atoms with Crippen LogP contribution in [0.1, 0.15) is 22.5 Å². The SMILES string of the molecule is Cc1ccc(OCCC(=O)OCC(=O)c2ccc[nH]2)cc1. The molecule has 0 aliphatic rings. The molecule has 0 atom stereocenters. The van der Waals surface area contributed by atoms with Crippen LogP contribution in [0, 0.1) is 6.92 Å². The second kappa shape index (κ2) is 7.28. The minimum atomic E-state index is -0.456. The summed E-state index contributed by atoms with van der Waals surface area (Å²) in [4.78, 5) is 25.9. The summed E-state index contributed by atoms with van der Waals surface area (Å²) in [7, 11) is 0. The lowest BCUT2D eigenvalue weighted by Gasteiger charge is -2.06. The van der Waals surface area contributed by atoms with Gasteiger partial charge in [0.05, 0.1) is 18.7 Å². The van der Waals surface area contributed by atoms with Gasteiger partial charge in [0.1, 0.15) is 5.75 Å². The number of carbonyl (C=O) groups excluding carboxylic acids is 2. The third kappa shape index (κ3) is 4.80. The Kier molecular flexibility index (Phi) is 5.15. The number of carbonyl (C=O) groups is 2. The van der Waals surface area contributed by atoms with Gasteiger partial charge in [0, 0.05) is 6.20 Å². The smallest absolute Gasteiger partial charge is 0.309 e. The van der Waals surface area contributed by atoms with E-state index < -0.39 is 5.97 Å². The van der Waals surface area contributed by atoms with Crippen molar-refractivity contribution < 1.29 is 19.1 Å². The Morgan fingerprint density at radius 3 is 2.57 bits per heavy atom. The van der Waals surface area contributed by atoms with Crippen molar-refractivity contribution in [1.82, 2.24) is 4.98 Å². The zero-order valence-electron chi connectivity index (χ0n) is 11.8. The highest BCUT2D eigenvalue weighted by molar-refractivity contribution is 5.96. The van der Waals surface area contributed by atoms with Crippen LogP contribution in [0.4, 0.5) is 0 Å². The van der Waals surface area contributed by atoms with Gasteiger partial charge in [-0.2, -0.15) is 0 Å². The maximum absolute atomic E-state index is 11.6. The normalized spacial score (nSPS) is 10.1. The zero-order chi connectivity index (χ0) is 15.1. The molecule has 0 saturated heterocycles. The standard InChI is InChI=1S/C16H17NO4/c1-12-4-6-13(7-5-12)20-10-8-16(19)21-11-15(18)14-3-2-9-17-14/h2-7,9,17H,8,10-11H2,1H3. The van der Waals surface area contributed by atoms with Gasteiger partial charge in [0.2, 0.25) is 5.78 Å². The molecule has 0 amide bonds. The third-order valence-electron chi connectivity index (χ3n) is 2.86. The van der Waals surface area contributed by atoms with Crippen molar-refractivity contribution in [3.8, 4) is 5.75 Å². The average Bonchev–Trinajstić information content (AvgIpc) is 3.01. The molecular formula is C16H17NO4. The Morgan fingerprint density at radius 1 is 1.14 bits per heavy atom. The van der Waals surface area contributed by atoms with E-state index in [2.05, 4.69) is 4.98 Å². The number of hydrogen-bond donors (Lipinski definition) is 1. The molecule has 1 heterocycles. The number of rotatable bonds is 7. The topological polar surface area (TPSA) is 68.4 Å². The number of ether oxygens (including phenoxy) is 2. The number of nitrogens with one attached hydrogen (secondary N) is 1. The number of hydrogen-bond acceptors (Lipinski definition) is 4. The first kappa shape index (κ1) is 14.8. The quantitative estimate of drug-likeness (QED) is 0.627. The van der Waals surface area contributed by atoms with Gasteiger partial charge in [0.25, 0.3) is 0 Å². The molecule has 21 heavy (non-hydrogen) atoms. The largest absolute Gasteiger partial charge is 0.493 e. The minimum absolute atomic E-state index is 0.103. The fraction of sp³-hybridized carbons (Fsp3) is 0.250. The molecule has 0 unspecified atom stereocenters. The van der Waals surface area contributed by atoms with E-state index in [4.69, 9.17) is 9.47 Å². The van der Waals surface area contributed by atoms with Crippen molar-refractivity contribution in [3.05, 3.63) is 53.9 Å². The number of Topliss-reactive ketones (excluding diaryl/α,β-unsaturated/α-hetero) is 1. The van der Waals surface area contributed by atoms with E-state index in [0.29, 0.717) is 11.4 Å². The summed E-state index contributed by atoms with van der Waals surface area (Å²) >= 11 is 0. The van der Waals surface area contributed by atoms with E-state index in [1.165, 1.54) is 0 Å². The molecule has 0 spiro atoms. The van der Waals surface area contributed by atoms with Crippen molar-refractivity contribution in [2.75, 3.05) is 13.2 Å². The Labute approximate surface area is 122 Å². The van der Waals surface area contributed by atoms with Gasteiger partial charge in [-0.3, -0.25) is 9.59 Å². The summed E-state index contributed by atoms with van der Waals surface area (Å²) in [5, 5.41) is 0. The van der Waals surface area contributed by atoms with Crippen molar-refractivity contribution in [3.63, 3.8) is 0 Å². The molecule has 0 bridgehead atoms. The van der Waals surface area contributed by atoms with Crippen molar-refractivity contribution in [2.24, 2.45) is 0 Å². The fourth-order valence-corrected chi connectivity index (χ4v) is 1.69. The van der Waals surface area contributed by atoms with Gasteiger partial charge in [0.15, 0.2) is 6.61 Å². The lowest BCUT2D eigenvalue weighted by Crippen LogP contribution is -2.16. The highest BCUT2D eigenvalue weighted by Gasteiger charge is 2.10. The Morgan fingerprint density at radius 2 is 1.90 bits per heavy atom. The van der Waals surface area contributed by atoms with Crippen LogP contribution in [-0.2, 0) is 9.53 Å². The van der Waals surface area contributed by atoms with E-state index in [0.717, 1.165) is 5.56 Å². The number of benzene rings is 1. The second-order valence-electron chi connectivity index (χ2n) is 4.58. The van der Waals surface area contributed by atoms with Crippen LogP contribution in [0.25, 0.3) is 0 Å². The molecule has 2 aromatic rings. The first-order valence-corrected chi connectivity index (χ1v) is 6.67. The maximum Gasteiger partial charge on any atom is 0.309 e. The Bertz CT molecular complexity index is 587. The molecule has 0 aliphatic heterocycles. The molecule has 2 rings (SSSR count). The van der Waals surface area contributed by atoms with E-state index in [1.54, 1.807) is 18.3 Å². The highest BCUT2D eigenvalue weighted by Crippen LogP contribution is 2.11. The predicted octanol–water partition coefficient (Wildman–Crippen LogP) is 2.52. The number of ketones is 1. The lowest BCUT2D eigenvalue weighted by atomic mass is 10.2. The third-order valence-corrected chi connectivity index (χ3v) is 2.86. The summed E-state index contributed by atoms with van der Waals surface area (Å²) in [5.74, 6) is -0.00863. The lowest BCUT2D eigenvalue weighted by molar-refractivity contribution is -0.143. The summed E-state index contributed by atoms with van der Waals surface area (Å²) in [6.07, 6.45) is 1.75. The van der Waals surface area contributed by atoms with E-state index in [1.807, 2.05) is 31.2 Å². The van der Waals surface area contributed by atoms with Crippen LogP contribution in [0.2, 0.25) is 0 Å². The molecule has 110 valence electrons. The van der Waals surface area contributed by atoms with Gasteiger partial charge >= 0.3 is 5.97 Å². The maximum atomic E-state index is 11.6.